The number of hydrogen-bond acceptors (Lipinski definition) is 4. The van der Waals surface area contributed by atoms with E-state index in [-0.39, 0.29) is 19.8 Å². The van der Waals surface area contributed by atoms with Gasteiger partial charge in [-0.3, -0.25) is 0 Å². The van der Waals surface area contributed by atoms with E-state index in [1.165, 1.54) is 44.6 Å². The molecule has 0 atom stereocenters. The van der Waals surface area contributed by atoms with E-state index in [1.54, 1.807) is 0 Å². The van der Waals surface area contributed by atoms with Gasteiger partial charge in [0.1, 0.15) is 0 Å². The number of nitrogens with zero attached hydrogens (tertiary/aromatic N) is 4. The van der Waals surface area contributed by atoms with E-state index in [0.717, 1.165) is 97.0 Å². The second-order valence-electron chi connectivity index (χ2n) is 10.7. The van der Waals surface area contributed by atoms with Crippen molar-refractivity contribution in [1.29, 1.82) is 0 Å². The van der Waals surface area contributed by atoms with Gasteiger partial charge in [-0.15, -0.1) is 0 Å². The molecule has 0 aromatic rings. The average molecular weight is 606 g/mol. The molecule has 8 bridgehead atoms. The Labute approximate surface area is 260 Å². The van der Waals surface area contributed by atoms with Crippen LogP contribution in [0.3, 0.4) is 0 Å². The molecule has 0 saturated carbocycles. The van der Waals surface area contributed by atoms with Gasteiger partial charge < -0.3 is 0 Å². The molecule has 214 valence electrons. The molecule has 5 aliphatic heterocycles. The molecule has 0 aliphatic carbocycles. The zero-order chi connectivity index (χ0) is 28.6. The summed E-state index contributed by atoms with van der Waals surface area (Å²) in [5.41, 5.74) is 19.3. The first kappa shape index (κ1) is 31.2. The van der Waals surface area contributed by atoms with Gasteiger partial charge in [-0.1, -0.05) is 55.4 Å². The van der Waals surface area contributed by atoms with Gasteiger partial charge in [-0.2, -0.15) is 0 Å². The van der Waals surface area contributed by atoms with Crippen LogP contribution >= 0.6 is 0 Å². The summed E-state index contributed by atoms with van der Waals surface area (Å²) in [6.07, 6.45) is 16.1. The molecule has 0 saturated heterocycles. The second kappa shape index (κ2) is 13.0. The van der Waals surface area contributed by atoms with Crippen LogP contribution in [0, 0.1) is 0 Å². The fourth-order valence-electron chi connectivity index (χ4n) is 6.92. The van der Waals surface area contributed by atoms with Gasteiger partial charge in [0.25, 0.3) is 0 Å². The third-order valence-corrected chi connectivity index (χ3v) is 8.77. The number of aliphatic imine (C=N–C) groups is 4. The van der Waals surface area contributed by atoms with Gasteiger partial charge in [0.15, 0.2) is 0 Å². The molecular weight excluding hydrogens is 558 g/mol. The molecule has 0 aromatic carbocycles. The van der Waals surface area contributed by atoms with Gasteiger partial charge in [0.2, 0.25) is 0 Å². The SMILES string of the molecule is CCC1=C(CC)C2=NC1=CC1=NC(=CC3=NC(=C(CC)C4=NC(=C2CC)C(CC)=C4CC)C(CC)=C3CC)C=C1.[GaH3]. The van der Waals surface area contributed by atoms with Crippen LogP contribution in [0.1, 0.15) is 107 Å². The third-order valence-electron chi connectivity index (χ3n) is 8.77. The molecule has 5 heteroatoms. The predicted octanol–water partition coefficient (Wildman–Crippen LogP) is 8.64. The molecule has 0 radical (unpaired) electrons. The van der Waals surface area contributed by atoms with E-state index in [9.17, 15) is 0 Å². The Morgan fingerprint density at radius 1 is 0.439 bits per heavy atom. The first-order chi connectivity index (χ1) is 19.5. The summed E-state index contributed by atoms with van der Waals surface area (Å²) in [4.78, 5) is 21.2. The Hall–Kier alpha value is -2.76. The van der Waals surface area contributed by atoms with Crippen molar-refractivity contribution in [2.45, 2.75) is 107 Å². The van der Waals surface area contributed by atoms with Gasteiger partial charge in [0, 0.05) is 11.1 Å². The van der Waals surface area contributed by atoms with E-state index in [4.69, 9.17) is 20.0 Å². The minimum atomic E-state index is 0. The summed E-state index contributed by atoms with van der Waals surface area (Å²) in [6, 6.07) is 0. The van der Waals surface area contributed by atoms with Crippen LogP contribution < -0.4 is 0 Å². The summed E-state index contributed by atoms with van der Waals surface area (Å²) in [7, 11) is 0. The second-order valence-corrected chi connectivity index (χ2v) is 10.7. The van der Waals surface area contributed by atoms with Crippen LogP contribution in [-0.4, -0.2) is 42.6 Å². The molecular formula is C36H47GaN4. The Morgan fingerprint density at radius 3 is 1.49 bits per heavy atom. The summed E-state index contributed by atoms with van der Waals surface area (Å²) >= 11 is 0. The van der Waals surface area contributed by atoms with Gasteiger partial charge in [-0.05, 0) is 109 Å². The molecule has 5 aliphatic rings. The van der Waals surface area contributed by atoms with Crippen molar-refractivity contribution >= 4 is 42.6 Å². The van der Waals surface area contributed by atoms with Crippen molar-refractivity contribution < 1.29 is 0 Å². The molecule has 0 amide bonds. The van der Waals surface area contributed by atoms with E-state index in [0.29, 0.717) is 0 Å². The Kier molecular flexibility index (Phi) is 9.92. The van der Waals surface area contributed by atoms with Crippen LogP contribution in [0.5, 0.6) is 0 Å². The molecule has 0 unspecified atom stereocenters. The average Bonchev–Trinajstić information content (AvgIpc) is 3.73. The fourth-order valence-corrected chi connectivity index (χ4v) is 6.92. The summed E-state index contributed by atoms with van der Waals surface area (Å²) in [6.45, 7) is 18.1. The predicted molar refractivity (Wildman–Crippen MR) is 182 cm³/mol. The van der Waals surface area contributed by atoms with Crippen molar-refractivity contribution in [1.82, 2.24) is 0 Å². The first-order valence-electron chi connectivity index (χ1n) is 15.6. The maximum absolute atomic E-state index is 5.54. The zero-order valence-electron chi connectivity index (χ0n) is 25.8. The summed E-state index contributed by atoms with van der Waals surface area (Å²) in [5.74, 6) is 0. The number of fused-ring (bicyclic) bond motifs is 4. The Bertz CT molecular complexity index is 1540. The number of allylic oxidation sites excluding steroid dienone is 12. The van der Waals surface area contributed by atoms with Crippen molar-refractivity contribution in [2.24, 2.45) is 20.0 Å². The van der Waals surface area contributed by atoms with Crippen LogP contribution in [0.4, 0.5) is 0 Å². The van der Waals surface area contributed by atoms with E-state index >= 15 is 0 Å². The molecule has 0 spiro atoms. The van der Waals surface area contributed by atoms with Gasteiger partial charge in [-0.25, -0.2) is 20.0 Å². The van der Waals surface area contributed by atoms with Crippen LogP contribution in [-0.2, 0) is 0 Å². The third kappa shape index (κ3) is 5.21. The van der Waals surface area contributed by atoms with E-state index in [1.807, 2.05) is 0 Å². The fraction of sp³-hybridized carbons (Fsp3) is 0.444. The van der Waals surface area contributed by atoms with Crippen LogP contribution in [0.15, 0.2) is 112 Å². The molecule has 41 heavy (non-hydrogen) atoms. The standard InChI is InChI=1S/C36H44N4.Ga.3H/c1-9-23-25(11-3)33-29(15-7)35-27(13-5)28(14-6)36(40-35)30(16-8)34-26(12-4)24(10-2)32(39-34)20-22-18-17-21(37-22)19-31(23)38-33;;;;/h17-20H,9-16H2,1-8H3;;;;. The van der Waals surface area contributed by atoms with Crippen molar-refractivity contribution in [3.8, 4) is 0 Å². The van der Waals surface area contributed by atoms with E-state index < -0.39 is 0 Å². The molecule has 5 heterocycles. The molecule has 0 fully saturated rings. The molecule has 0 N–H and O–H groups in total. The first-order valence-corrected chi connectivity index (χ1v) is 15.6. The minimum absolute atomic E-state index is 0. The van der Waals surface area contributed by atoms with E-state index in [2.05, 4.69) is 79.7 Å². The Morgan fingerprint density at radius 2 is 0.927 bits per heavy atom. The topological polar surface area (TPSA) is 49.4 Å². The summed E-state index contributed by atoms with van der Waals surface area (Å²) in [5, 5.41) is 0. The number of hydrogen-bond donors (Lipinski definition) is 0. The van der Waals surface area contributed by atoms with Crippen molar-refractivity contribution in [3.05, 3.63) is 91.7 Å². The molecule has 4 nitrogen and oxygen atoms in total. The number of rotatable bonds is 8. The van der Waals surface area contributed by atoms with Gasteiger partial charge >= 0.3 is 19.8 Å². The Balaban J connectivity index is 0.00000387. The van der Waals surface area contributed by atoms with Crippen molar-refractivity contribution in [3.63, 3.8) is 0 Å². The zero-order valence-corrected chi connectivity index (χ0v) is 25.8. The van der Waals surface area contributed by atoms with Crippen LogP contribution in [0.2, 0.25) is 0 Å². The normalized spacial score (nSPS) is 20.1. The monoisotopic (exact) mass is 604 g/mol. The van der Waals surface area contributed by atoms with Crippen molar-refractivity contribution in [2.75, 3.05) is 0 Å². The molecule has 0 aromatic heterocycles. The van der Waals surface area contributed by atoms with Crippen LogP contribution in [0.25, 0.3) is 0 Å². The quantitative estimate of drug-likeness (QED) is 0.249. The van der Waals surface area contributed by atoms with Gasteiger partial charge in [0.05, 0.1) is 45.6 Å². The molecule has 5 rings (SSSR count). The summed E-state index contributed by atoms with van der Waals surface area (Å²) < 4.78 is 0. The maximum atomic E-state index is 5.54.